The lowest BCUT2D eigenvalue weighted by atomic mass is 9.97. The van der Waals surface area contributed by atoms with E-state index < -0.39 is 11.5 Å². The second kappa shape index (κ2) is 5.26. The van der Waals surface area contributed by atoms with Gasteiger partial charge in [-0.15, -0.1) is 0 Å². The molecule has 0 atom stereocenters. The van der Waals surface area contributed by atoms with Crippen LogP contribution in [0.3, 0.4) is 0 Å². The Balaban J connectivity index is 2.15. The van der Waals surface area contributed by atoms with Crippen LogP contribution in [0.2, 0.25) is 0 Å². The van der Waals surface area contributed by atoms with Gasteiger partial charge >= 0.3 is 5.97 Å². The predicted molar refractivity (Wildman–Crippen MR) is 75.5 cm³/mol. The Labute approximate surface area is 119 Å². The lowest BCUT2D eigenvalue weighted by Crippen LogP contribution is -2.52. The minimum Gasteiger partial charge on any atom is -0.480 e. The largest absolute Gasteiger partial charge is 0.480 e. The summed E-state index contributed by atoms with van der Waals surface area (Å²) in [6, 6.07) is 7.08. The molecule has 4 nitrogen and oxygen atoms in total. The number of aliphatic carboxylic acids is 1. The van der Waals surface area contributed by atoms with E-state index in [1.165, 1.54) is 0 Å². The Kier molecular flexibility index (Phi) is 3.89. The van der Waals surface area contributed by atoms with Crippen LogP contribution in [-0.2, 0) is 4.79 Å². The topological polar surface area (TPSA) is 66.4 Å². The first-order valence-corrected chi connectivity index (χ1v) is 6.93. The summed E-state index contributed by atoms with van der Waals surface area (Å²) < 4.78 is 1.04. The zero-order valence-electron chi connectivity index (χ0n) is 9.78. The zero-order valence-corrected chi connectivity index (χ0v) is 11.9. The van der Waals surface area contributed by atoms with Gasteiger partial charge in [0.05, 0.1) is 0 Å². The summed E-state index contributed by atoms with van der Waals surface area (Å²) in [5.41, 5.74) is -0.567. The number of benzene rings is 1. The minimum atomic E-state index is -1.07. The molecule has 0 spiro atoms. The molecule has 1 aromatic rings. The van der Waals surface area contributed by atoms with Crippen LogP contribution >= 0.6 is 22.6 Å². The SMILES string of the molecule is O=C(NC1(C(=O)O)CCCC1)c1ccc(I)cc1. The van der Waals surface area contributed by atoms with E-state index in [4.69, 9.17) is 0 Å². The van der Waals surface area contributed by atoms with Crippen LogP contribution in [0.25, 0.3) is 0 Å². The smallest absolute Gasteiger partial charge is 0.329 e. The van der Waals surface area contributed by atoms with Gasteiger partial charge in [-0.2, -0.15) is 0 Å². The third-order valence-corrected chi connectivity index (χ3v) is 4.04. The van der Waals surface area contributed by atoms with Crippen molar-refractivity contribution in [3.8, 4) is 0 Å². The number of halogens is 1. The second-order valence-electron chi connectivity index (χ2n) is 4.56. The number of carbonyl (C=O) groups excluding carboxylic acids is 1. The van der Waals surface area contributed by atoms with E-state index in [0.29, 0.717) is 18.4 Å². The van der Waals surface area contributed by atoms with E-state index >= 15 is 0 Å². The molecule has 0 heterocycles. The van der Waals surface area contributed by atoms with Crippen molar-refractivity contribution in [1.29, 1.82) is 0 Å². The first-order chi connectivity index (χ1) is 8.53. The first kappa shape index (κ1) is 13.3. The predicted octanol–water partition coefficient (Wildman–Crippen LogP) is 2.42. The number of hydrogen-bond donors (Lipinski definition) is 2. The molecule has 0 bridgehead atoms. The lowest BCUT2D eigenvalue weighted by Gasteiger charge is -2.25. The normalized spacial score (nSPS) is 17.4. The molecule has 1 aromatic carbocycles. The molecule has 0 saturated heterocycles. The van der Waals surface area contributed by atoms with Crippen molar-refractivity contribution >= 4 is 34.5 Å². The molecule has 5 heteroatoms. The Morgan fingerprint density at radius 3 is 2.22 bits per heavy atom. The fourth-order valence-electron chi connectivity index (χ4n) is 2.26. The molecule has 1 aliphatic rings. The molecular formula is C13H14INO3. The summed E-state index contributed by atoms with van der Waals surface area (Å²) in [5, 5.41) is 12.0. The monoisotopic (exact) mass is 359 g/mol. The number of nitrogens with one attached hydrogen (secondary N) is 1. The average molecular weight is 359 g/mol. The second-order valence-corrected chi connectivity index (χ2v) is 5.80. The third kappa shape index (κ3) is 2.66. The maximum absolute atomic E-state index is 12.0. The highest BCUT2D eigenvalue weighted by molar-refractivity contribution is 14.1. The molecule has 0 aliphatic heterocycles. The summed E-state index contributed by atoms with van der Waals surface area (Å²) in [6.45, 7) is 0. The van der Waals surface area contributed by atoms with E-state index in [1.54, 1.807) is 12.1 Å². The van der Waals surface area contributed by atoms with Gasteiger partial charge in [0.15, 0.2) is 0 Å². The standard InChI is InChI=1S/C13H14INO3/c14-10-5-3-9(4-6-10)11(16)15-13(12(17)18)7-1-2-8-13/h3-6H,1-2,7-8H2,(H,15,16)(H,17,18). The van der Waals surface area contributed by atoms with Crippen molar-refractivity contribution in [1.82, 2.24) is 5.32 Å². The molecule has 1 aliphatic carbocycles. The lowest BCUT2D eigenvalue weighted by molar-refractivity contribution is -0.144. The number of rotatable bonds is 3. The van der Waals surface area contributed by atoms with Gasteiger partial charge in [0, 0.05) is 9.13 Å². The molecular weight excluding hydrogens is 345 g/mol. The number of hydrogen-bond acceptors (Lipinski definition) is 2. The van der Waals surface area contributed by atoms with Gasteiger partial charge < -0.3 is 10.4 Å². The van der Waals surface area contributed by atoms with Crippen LogP contribution in [0.15, 0.2) is 24.3 Å². The van der Waals surface area contributed by atoms with Gasteiger partial charge in [0.2, 0.25) is 0 Å². The fourth-order valence-corrected chi connectivity index (χ4v) is 2.62. The summed E-state index contributed by atoms with van der Waals surface area (Å²) >= 11 is 2.16. The highest BCUT2D eigenvalue weighted by atomic mass is 127. The molecule has 96 valence electrons. The van der Waals surface area contributed by atoms with Gasteiger partial charge in [0.25, 0.3) is 5.91 Å². The Morgan fingerprint density at radius 2 is 1.72 bits per heavy atom. The van der Waals surface area contributed by atoms with Crippen molar-refractivity contribution in [3.05, 3.63) is 33.4 Å². The summed E-state index contributed by atoms with van der Waals surface area (Å²) in [7, 11) is 0. The Morgan fingerprint density at radius 1 is 1.17 bits per heavy atom. The molecule has 1 saturated carbocycles. The van der Waals surface area contributed by atoms with Crippen LogP contribution in [0.1, 0.15) is 36.0 Å². The van der Waals surface area contributed by atoms with Gasteiger partial charge in [-0.3, -0.25) is 4.79 Å². The number of carbonyl (C=O) groups is 2. The average Bonchev–Trinajstić information content (AvgIpc) is 2.79. The van der Waals surface area contributed by atoms with Crippen LogP contribution in [0.4, 0.5) is 0 Å². The van der Waals surface area contributed by atoms with Crippen molar-refractivity contribution in [2.24, 2.45) is 0 Å². The molecule has 0 unspecified atom stereocenters. The van der Waals surface area contributed by atoms with Gasteiger partial charge in [0.1, 0.15) is 5.54 Å². The molecule has 1 amide bonds. The third-order valence-electron chi connectivity index (χ3n) is 3.33. The maximum atomic E-state index is 12.0. The molecule has 2 N–H and O–H groups in total. The molecule has 0 aromatic heterocycles. The van der Waals surface area contributed by atoms with E-state index in [0.717, 1.165) is 16.4 Å². The maximum Gasteiger partial charge on any atom is 0.329 e. The van der Waals surface area contributed by atoms with E-state index in [2.05, 4.69) is 27.9 Å². The highest BCUT2D eigenvalue weighted by Gasteiger charge is 2.42. The fraction of sp³-hybridized carbons (Fsp3) is 0.385. The minimum absolute atomic E-state index is 0.310. The first-order valence-electron chi connectivity index (χ1n) is 5.85. The van der Waals surface area contributed by atoms with Crippen molar-refractivity contribution < 1.29 is 14.7 Å². The van der Waals surface area contributed by atoms with Crippen molar-refractivity contribution in [2.75, 3.05) is 0 Å². The molecule has 0 radical (unpaired) electrons. The highest BCUT2D eigenvalue weighted by Crippen LogP contribution is 2.30. The number of amides is 1. The molecule has 1 fully saturated rings. The summed E-state index contributed by atoms with van der Waals surface area (Å²) in [4.78, 5) is 23.4. The van der Waals surface area contributed by atoms with Gasteiger partial charge in [-0.05, 0) is 59.7 Å². The number of carboxylic acids is 1. The Bertz CT molecular complexity index is 464. The van der Waals surface area contributed by atoms with Crippen LogP contribution < -0.4 is 5.32 Å². The van der Waals surface area contributed by atoms with Gasteiger partial charge in [-0.1, -0.05) is 12.8 Å². The summed E-state index contributed by atoms with van der Waals surface area (Å²) in [5.74, 6) is -1.24. The summed E-state index contributed by atoms with van der Waals surface area (Å²) in [6.07, 6.45) is 2.72. The molecule has 2 rings (SSSR count). The quantitative estimate of drug-likeness (QED) is 0.815. The van der Waals surface area contributed by atoms with Gasteiger partial charge in [-0.25, -0.2) is 4.79 Å². The van der Waals surface area contributed by atoms with Crippen molar-refractivity contribution in [3.63, 3.8) is 0 Å². The molecule has 18 heavy (non-hydrogen) atoms. The van der Waals surface area contributed by atoms with E-state index in [9.17, 15) is 14.7 Å². The van der Waals surface area contributed by atoms with Crippen LogP contribution in [0.5, 0.6) is 0 Å². The zero-order chi connectivity index (χ0) is 13.2. The van der Waals surface area contributed by atoms with Crippen molar-refractivity contribution in [2.45, 2.75) is 31.2 Å². The van der Waals surface area contributed by atoms with Crippen LogP contribution in [0, 0.1) is 3.57 Å². The number of carboxylic acid groups (broad SMARTS) is 1. The van der Waals surface area contributed by atoms with Crippen LogP contribution in [-0.4, -0.2) is 22.5 Å². The Hall–Kier alpha value is -1.11. The van der Waals surface area contributed by atoms with E-state index in [-0.39, 0.29) is 5.91 Å². The van der Waals surface area contributed by atoms with E-state index in [1.807, 2.05) is 12.1 Å².